The fourth-order valence-electron chi connectivity index (χ4n) is 3.09. The SMILES string of the molecule is Cc1nc(C(F)(F)F)ccc1C(=O)NC(c1ccccc1)C1CC1C. The molecule has 0 bridgehead atoms. The number of pyridine rings is 1. The van der Waals surface area contributed by atoms with E-state index in [0.29, 0.717) is 11.8 Å². The van der Waals surface area contributed by atoms with Crippen LogP contribution in [-0.4, -0.2) is 10.9 Å². The number of hydrogen-bond acceptors (Lipinski definition) is 2. The molecule has 6 heteroatoms. The van der Waals surface area contributed by atoms with Gasteiger partial charge in [0.25, 0.3) is 5.91 Å². The van der Waals surface area contributed by atoms with E-state index in [9.17, 15) is 18.0 Å². The summed E-state index contributed by atoms with van der Waals surface area (Å²) in [6.45, 7) is 3.54. The average Bonchev–Trinajstić information content (AvgIpc) is 3.28. The Kier molecular flexibility index (Phi) is 4.54. The molecule has 3 nitrogen and oxygen atoms in total. The van der Waals surface area contributed by atoms with Crippen molar-refractivity contribution in [3.05, 3.63) is 65.0 Å². The molecule has 3 rings (SSSR count). The molecule has 1 aromatic carbocycles. The number of carbonyl (C=O) groups is 1. The number of amides is 1. The lowest BCUT2D eigenvalue weighted by Gasteiger charge is -2.20. The highest BCUT2D eigenvalue weighted by atomic mass is 19.4. The lowest BCUT2D eigenvalue weighted by Crippen LogP contribution is -2.31. The summed E-state index contributed by atoms with van der Waals surface area (Å²) in [6.07, 6.45) is -3.50. The first-order chi connectivity index (χ1) is 11.8. The van der Waals surface area contributed by atoms with Gasteiger partial charge in [0.15, 0.2) is 0 Å². The minimum Gasteiger partial charge on any atom is -0.345 e. The third-order valence-electron chi connectivity index (χ3n) is 4.67. The van der Waals surface area contributed by atoms with Crippen molar-refractivity contribution in [3.63, 3.8) is 0 Å². The average molecular weight is 348 g/mol. The van der Waals surface area contributed by atoms with Crippen molar-refractivity contribution in [3.8, 4) is 0 Å². The van der Waals surface area contributed by atoms with Crippen molar-refractivity contribution in [1.29, 1.82) is 0 Å². The number of benzene rings is 1. The van der Waals surface area contributed by atoms with Crippen LogP contribution in [0.25, 0.3) is 0 Å². The van der Waals surface area contributed by atoms with Crippen LogP contribution < -0.4 is 5.32 Å². The standard InChI is InChI=1S/C19H19F3N2O/c1-11-10-15(11)17(13-6-4-3-5-7-13)24-18(25)14-8-9-16(19(20,21)22)23-12(14)2/h3-9,11,15,17H,10H2,1-2H3,(H,24,25). The number of nitrogens with one attached hydrogen (secondary N) is 1. The molecule has 1 saturated carbocycles. The maximum absolute atomic E-state index is 12.7. The van der Waals surface area contributed by atoms with Crippen LogP contribution in [-0.2, 0) is 6.18 Å². The number of alkyl halides is 3. The predicted molar refractivity (Wildman–Crippen MR) is 87.9 cm³/mol. The van der Waals surface area contributed by atoms with Gasteiger partial charge in [0, 0.05) is 0 Å². The van der Waals surface area contributed by atoms with Gasteiger partial charge >= 0.3 is 6.18 Å². The molecule has 1 aromatic heterocycles. The largest absolute Gasteiger partial charge is 0.433 e. The number of hydrogen-bond donors (Lipinski definition) is 1. The quantitative estimate of drug-likeness (QED) is 0.882. The Morgan fingerprint density at radius 3 is 2.36 bits per heavy atom. The molecule has 3 atom stereocenters. The molecular formula is C19H19F3N2O. The second kappa shape index (κ2) is 6.50. The van der Waals surface area contributed by atoms with Crippen LogP contribution in [0.5, 0.6) is 0 Å². The lowest BCUT2D eigenvalue weighted by molar-refractivity contribution is -0.141. The van der Waals surface area contributed by atoms with Crippen LogP contribution >= 0.6 is 0 Å². The highest BCUT2D eigenvalue weighted by Crippen LogP contribution is 2.47. The zero-order chi connectivity index (χ0) is 18.2. The van der Waals surface area contributed by atoms with Gasteiger partial charge in [-0.25, -0.2) is 4.98 Å². The number of carbonyl (C=O) groups excluding carboxylic acids is 1. The summed E-state index contributed by atoms with van der Waals surface area (Å²) in [7, 11) is 0. The Morgan fingerprint density at radius 1 is 1.20 bits per heavy atom. The predicted octanol–water partition coefficient (Wildman–Crippen LogP) is 4.54. The lowest BCUT2D eigenvalue weighted by atomic mass is 10.0. The first-order valence-corrected chi connectivity index (χ1v) is 8.18. The van der Waals surface area contributed by atoms with E-state index in [1.165, 1.54) is 13.0 Å². The number of nitrogens with zero attached hydrogens (tertiary/aromatic N) is 1. The van der Waals surface area contributed by atoms with Crippen molar-refractivity contribution >= 4 is 5.91 Å². The highest BCUT2D eigenvalue weighted by molar-refractivity contribution is 5.95. The Balaban J connectivity index is 1.83. The van der Waals surface area contributed by atoms with E-state index in [1.54, 1.807) is 0 Å². The zero-order valence-corrected chi connectivity index (χ0v) is 14.0. The monoisotopic (exact) mass is 348 g/mol. The van der Waals surface area contributed by atoms with E-state index < -0.39 is 17.8 Å². The molecular weight excluding hydrogens is 329 g/mol. The molecule has 1 amide bonds. The molecule has 2 aromatic rings. The van der Waals surface area contributed by atoms with E-state index >= 15 is 0 Å². The molecule has 0 spiro atoms. The second-order valence-electron chi connectivity index (χ2n) is 6.57. The Morgan fingerprint density at radius 2 is 1.84 bits per heavy atom. The van der Waals surface area contributed by atoms with Crippen molar-refractivity contribution < 1.29 is 18.0 Å². The molecule has 1 N–H and O–H groups in total. The fourth-order valence-corrected chi connectivity index (χ4v) is 3.09. The molecule has 25 heavy (non-hydrogen) atoms. The van der Waals surface area contributed by atoms with E-state index in [-0.39, 0.29) is 17.3 Å². The Bertz CT molecular complexity index is 774. The van der Waals surface area contributed by atoms with Gasteiger partial charge in [0.05, 0.1) is 17.3 Å². The highest BCUT2D eigenvalue weighted by Gasteiger charge is 2.41. The zero-order valence-electron chi connectivity index (χ0n) is 14.0. The van der Waals surface area contributed by atoms with Crippen molar-refractivity contribution in [2.45, 2.75) is 32.5 Å². The topological polar surface area (TPSA) is 42.0 Å². The summed E-state index contributed by atoms with van der Waals surface area (Å²) >= 11 is 0. The maximum atomic E-state index is 12.7. The molecule has 0 radical (unpaired) electrons. The third kappa shape index (κ3) is 3.83. The number of halogens is 3. The summed E-state index contributed by atoms with van der Waals surface area (Å²) in [5.41, 5.74) is 0.255. The second-order valence-corrected chi connectivity index (χ2v) is 6.57. The molecule has 1 heterocycles. The maximum Gasteiger partial charge on any atom is 0.433 e. The van der Waals surface area contributed by atoms with Crippen molar-refractivity contribution in [2.75, 3.05) is 0 Å². The van der Waals surface area contributed by atoms with Gasteiger partial charge in [0.2, 0.25) is 0 Å². The first-order valence-electron chi connectivity index (χ1n) is 8.18. The van der Waals surface area contributed by atoms with Crippen LogP contribution in [0, 0.1) is 18.8 Å². The summed E-state index contributed by atoms with van der Waals surface area (Å²) in [5, 5.41) is 2.98. The number of rotatable bonds is 4. The van der Waals surface area contributed by atoms with Gasteiger partial charge in [-0.05, 0) is 42.9 Å². The Labute approximate surface area is 144 Å². The van der Waals surface area contributed by atoms with Crippen molar-refractivity contribution in [2.24, 2.45) is 11.8 Å². The molecule has 1 aliphatic carbocycles. The minimum atomic E-state index is -4.52. The van der Waals surface area contributed by atoms with E-state index in [0.717, 1.165) is 18.1 Å². The van der Waals surface area contributed by atoms with E-state index in [4.69, 9.17) is 0 Å². The third-order valence-corrected chi connectivity index (χ3v) is 4.67. The van der Waals surface area contributed by atoms with Gasteiger partial charge in [-0.1, -0.05) is 37.3 Å². The van der Waals surface area contributed by atoms with Gasteiger partial charge in [0.1, 0.15) is 5.69 Å². The first kappa shape index (κ1) is 17.5. The summed E-state index contributed by atoms with van der Waals surface area (Å²) in [5.74, 6) is 0.457. The number of aromatic nitrogens is 1. The summed E-state index contributed by atoms with van der Waals surface area (Å²) < 4.78 is 38.2. The van der Waals surface area contributed by atoms with Crippen LogP contribution in [0.2, 0.25) is 0 Å². The summed E-state index contributed by atoms with van der Waals surface area (Å²) in [4.78, 5) is 16.2. The fraction of sp³-hybridized carbons (Fsp3) is 0.368. The molecule has 132 valence electrons. The van der Waals surface area contributed by atoms with Gasteiger partial charge in [-0.3, -0.25) is 4.79 Å². The van der Waals surface area contributed by atoms with Gasteiger partial charge in [-0.2, -0.15) is 13.2 Å². The van der Waals surface area contributed by atoms with Crippen LogP contribution in [0.15, 0.2) is 42.5 Å². The number of aryl methyl sites for hydroxylation is 1. The van der Waals surface area contributed by atoms with Crippen LogP contribution in [0.1, 0.15) is 46.7 Å². The van der Waals surface area contributed by atoms with Crippen LogP contribution in [0.4, 0.5) is 13.2 Å². The molecule has 0 aliphatic heterocycles. The van der Waals surface area contributed by atoms with Gasteiger partial charge < -0.3 is 5.32 Å². The molecule has 3 unspecified atom stereocenters. The van der Waals surface area contributed by atoms with Gasteiger partial charge in [-0.15, -0.1) is 0 Å². The normalized spacial score (nSPS) is 20.8. The smallest absolute Gasteiger partial charge is 0.345 e. The van der Waals surface area contributed by atoms with E-state index in [1.807, 2.05) is 30.3 Å². The molecule has 0 saturated heterocycles. The van der Waals surface area contributed by atoms with Crippen molar-refractivity contribution in [1.82, 2.24) is 10.3 Å². The van der Waals surface area contributed by atoms with E-state index in [2.05, 4.69) is 17.2 Å². The van der Waals surface area contributed by atoms with Crippen LogP contribution in [0.3, 0.4) is 0 Å². The molecule has 1 fully saturated rings. The Hall–Kier alpha value is -2.37. The summed E-state index contributed by atoms with van der Waals surface area (Å²) in [6, 6.07) is 11.5. The molecule has 1 aliphatic rings. The minimum absolute atomic E-state index is 0.0722.